The number of methoxy groups -OCH3 is 1. The zero-order valence-electron chi connectivity index (χ0n) is 12.8. The van der Waals surface area contributed by atoms with Gasteiger partial charge in [0.25, 0.3) is 0 Å². The predicted molar refractivity (Wildman–Crippen MR) is 79.6 cm³/mol. The molecule has 0 aliphatic rings. The molecule has 0 saturated carbocycles. The second kappa shape index (κ2) is 6.86. The number of amides is 1. The maximum absolute atomic E-state index is 11.9. The third kappa shape index (κ3) is 5.31. The third-order valence-electron chi connectivity index (χ3n) is 2.54. The molecule has 0 N–H and O–H groups in total. The topological polar surface area (TPSA) is 81.9 Å². The van der Waals surface area contributed by atoms with Gasteiger partial charge in [-0.15, -0.1) is 0 Å². The first-order valence-corrected chi connectivity index (χ1v) is 7.16. The summed E-state index contributed by atoms with van der Waals surface area (Å²) in [7, 11) is 3.10. The number of hydrogen-bond acceptors (Lipinski definition) is 6. The second-order valence-corrected chi connectivity index (χ2v) is 6.61. The Kier molecular flexibility index (Phi) is 5.68. The van der Waals surface area contributed by atoms with Crippen molar-refractivity contribution in [3.8, 4) is 0 Å². The molecule has 0 aromatic carbocycles. The molecular weight excluding hydrogens is 296 g/mol. The first-order valence-electron chi connectivity index (χ1n) is 6.35. The van der Waals surface area contributed by atoms with Crippen molar-refractivity contribution in [2.75, 3.05) is 20.7 Å². The molecule has 0 aliphatic carbocycles. The van der Waals surface area contributed by atoms with E-state index in [9.17, 15) is 14.9 Å². The van der Waals surface area contributed by atoms with Crippen LogP contribution in [0.25, 0.3) is 0 Å². The summed E-state index contributed by atoms with van der Waals surface area (Å²) in [4.78, 5) is 24.2. The highest BCUT2D eigenvalue weighted by molar-refractivity contribution is 7.15. The average Bonchev–Trinajstić information content (AvgIpc) is 2.82. The fourth-order valence-corrected chi connectivity index (χ4v) is 2.45. The number of nitrogens with zero attached hydrogens (tertiary/aromatic N) is 2. The van der Waals surface area contributed by atoms with E-state index in [2.05, 4.69) is 0 Å². The molecule has 1 atom stereocenters. The zero-order chi connectivity index (χ0) is 16.2. The van der Waals surface area contributed by atoms with E-state index >= 15 is 0 Å². The van der Waals surface area contributed by atoms with Crippen LogP contribution in [-0.2, 0) is 9.47 Å². The van der Waals surface area contributed by atoms with E-state index in [-0.39, 0.29) is 11.5 Å². The summed E-state index contributed by atoms with van der Waals surface area (Å²) in [5.74, 6) is 0. The number of rotatable bonds is 5. The minimum absolute atomic E-state index is 0.0481. The van der Waals surface area contributed by atoms with Gasteiger partial charge in [0, 0.05) is 25.1 Å². The molecule has 0 aliphatic heterocycles. The molecule has 0 spiro atoms. The first-order chi connectivity index (χ1) is 9.64. The fraction of sp³-hybridized carbons (Fsp3) is 0.615. The van der Waals surface area contributed by atoms with Crippen LogP contribution in [0, 0.1) is 10.1 Å². The smallest absolute Gasteiger partial charge is 0.410 e. The molecule has 1 aromatic heterocycles. The van der Waals surface area contributed by atoms with Crippen LogP contribution in [0.15, 0.2) is 12.1 Å². The highest BCUT2D eigenvalue weighted by atomic mass is 32.1. The molecule has 8 heteroatoms. The molecule has 1 heterocycles. The maximum Gasteiger partial charge on any atom is 0.410 e. The number of carbonyl (C=O) groups excluding carboxylic acids is 1. The van der Waals surface area contributed by atoms with E-state index < -0.39 is 22.7 Å². The first kappa shape index (κ1) is 17.4. The molecular formula is C13H20N2O5S. The van der Waals surface area contributed by atoms with Crippen LogP contribution in [0.1, 0.15) is 31.8 Å². The van der Waals surface area contributed by atoms with Gasteiger partial charge < -0.3 is 14.4 Å². The van der Waals surface area contributed by atoms with E-state index in [4.69, 9.17) is 9.47 Å². The molecule has 0 radical (unpaired) electrons. The lowest BCUT2D eigenvalue weighted by atomic mass is 10.2. The van der Waals surface area contributed by atoms with Gasteiger partial charge in [-0.2, -0.15) is 0 Å². The number of hydrogen-bond donors (Lipinski definition) is 0. The van der Waals surface area contributed by atoms with E-state index in [0.717, 1.165) is 11.3 Å². The summed E-state index contributed by atoms with van der Waals surface area (Å²) in [5.41, 5.74) is -0.574. The van der Waals surface area contributed by atoms with E-state index in [1.807, 2.05) is 0 Å². The molecule has 1 rings (SSSR count). The van der Waals surface area contributed by atoms with Crippen LogP contribution in [0.3, 0.4) is 0 Å². The standard InChI is InChI=1S/C13H20N2O5S/c1-13(2,3)20-12(16)14(4)8-9(19-5)10-6-7-11(21-10)15(17)18/h6-7,9H,8H2,1-5H3. The normalized spacial score (nSPS) is 12.8. The van der Waals surface area contributed by atoms with Gasteiger partial charge in [0.05, 0.1) is 11.5 Å². The number of likely N-dealkylation sites (N-methyl/N-ethyl adjacent to an activating group) is 1. The van der Waals surface area contributed by atoms with E-state index in [0.29, 0.717) is 4.88 Å². The van der Waals surface area contributed by atoms with Crippen molar-refractivity contribution < 1.29 is 19.2 Å². The minimum atomic E-state index is -0.574. The van der Waals surface area contributed by atoms with Crippen molar-refractivity contribution in [3.05, 3.63) is 27.1 Å². The van der Waals surface area contributed by atoms with Crippen LogP contribution < -0.4 is 0 Å². The van der Waals surface area contributed by atoms with Crippen LogP contribution in [0.4, 0.5) is 9.80 Å². The van der Waals surface area contributed by atoms with Gasteiger partial charge in [0.2, 0.25) is 0 Å². The molecule has 0 bridgehead atoms. The molecule has 0 saturated heterocycles. The number of thiophene rings is 1. The zero-order valence-corrected chi connectivity index (χ0v) is 13.6. The third-order valence-corrected chi connectivity index (χ3v) is 3.67. The summed E-state index contributed by atoms with van der Waals surface area (Å²) in [6.45, 7) is 5.61. The van der Waals surface area contributed by atoms with Crippen LogP contribution in [0.2, 0.25) is 0 Å². The Balaban J connectivity index is 2.72. The summed E-state index contributed by atoms with van der Waals surface area (Å²) < 4.78 is 10.6. The average molecular weight is 316 g/mol. The molecule has 21 heavy (non-hydrogen) atoms. The Hall–Kier alpha value is -1.67. The van der Waals surface area contributed by atoms with Crippen LogP contribution in [-0.4, -0.2) is 42.2 Å². The number of carbonyl (C=O) groups is 1. The van der Waals surface area contributed by atoms with Crippen molar-refractivity contribution >= 4 is 22.4 Å². The lowest BCUT2D eigenvalue weighted by molar-refractivity contribution is -0.380. The molecule has 7 nitrogen and oxygen atoms in total. The Morgan fingerprint density at radius 2 is 2.10 bits per heavy atom. The second-order valence-electron chi connectivity index (χ2n) is 5.52. The predicted octanol–water partition coefficient (Wildman–Crippen LogP) is 3.21. The monoisotopic (exact) mass is 316 g/mol. The van der Waals surface area contributed by atoms with Gasteiger partial charge in [-0.05, 0) is 26.8 Å². The summed E-state index contributed by atoms with van der Waals surface area (Å²) in [6.07, 6.45) is -0.892. The Morgan fingerprint density at radius 1 is 1.48 bits per heavy atom. The van der Waals surface area contributed by atoms with Crippen molar-refractivity contribution in [2.24, 2.45) is 0 Å². The Morgan fingerprint density at radius 3 is 2.52 bits per heavy atom. The molecule has 1 unspecified atom stereocenters. The van der Waals surface area contributed by atoms with Crippen molar-refractivity contribution in [1.29, 1.82) is 0 Å². The molecule has 1 amide bonds. The maximum atomic E-state index is 11.9. The Labute approximate surface area is 127 Å². The van der Waals surface area contributed by atoms with Gasteiger partial charge in [-0.1, -0.05) is 11.3 Å². The van der Waals surface area contributed by atoms with E-state index in [1.165, 1.54) is 18.1 Å². The molecule has 0 fully saturated rings. The summed E-state index contributed by atoms with van der Waals surface area (Å²) in [6, 6.07) is 3.07. The van der Waals surface area contributed by atoms with Gasteiger partial charge in [0.15, 0.2) is 0 Å². The van der Waals surface area contributed by atoms with Gasteiger partial charge in [-0.25, -0.2) is 4.79 Å². The highest BCUT2D eigenvalue weighted by Crippen LogP contribution is 2.31. The SMILES string of the molecule is COC(CN(C)C(=O)OC(C)(C)C)c1ccc([N+](=O)[O-])s1. The van der Waals surface area contributed by atoms with Crippen molar-refractivity contribution in [1.82, 2.24) is 4.90 Å². The quantitative estimate of drug-likeness (QED) is 0.615. The largest absolute Gasteiger partial charge is 0.444 e. The summed E-state index contributed by atoms with van der Waals surface area (Å²) >= 11 is 1.04. The van der Waals surface area contributed by atoms with Gasteiger partial charge in [0.1, 0.15) is 11.7 Å². The Bertz CT molecular complexity index is 509. The summed E-state index contributed by atoms with van der Waals surface area (Å²) in [5, 5.41) is 10.8. The molecule has 1 aromatic rings. The van der Waals surface area contributed by atoms with E-state index in [1.54, 1.807) is 33.9 Å². The molecule has 118 valence electrons. The van der Waals surface area contributed by atoms with Crippen molar-refractivity contribution in [2.45, 2.75) is 32.5 Å². The lowest BCUT2D eigenvalue weighted by Gasteiger charge is -2.26. The minimum Gasteiger partial charge on any atom is -0.444 e. The lowest BCUT2D eigenvalue weighted by Crippen LogP contribution is -2.36. The van der Waals surface area contributed by atoms with Gasteiger partial charge in [-0.3, -0.25) is 10.1 Å². The highest BCUT2D eigenvalue weighted by Gasteiger charge is 2.24. The number of nitro groups is 1. The van der Waals surface area contributed by atoms with Gasteiger partial charge >= 0.3 is 11.1 Å². The fourth-order valence-electron chi connectivity index (χ4n) is 1.56. The van der Waals surface area contributed by atoms with Crippen LogP contribution in [0.5, 0.6) is 0 Å². The van der Waals surface area contributed by atoms with Crippen LogP contribution >= 0.6 is 11.3 Å². The van der Waals surface area contributed by atoms with Crippen molar-refractivity contribution in [3.63, 3.8) is 0 Å². The number of ether oxygens (including phenoxy) is 2.